The van der Waals surface area contributed by atoms with Crippen molar-refractivity contribution in [2.75, 3.05) is 18.3 Å². The molecule has 0 unspecified atom stereocenters. The second kappa shape index (κ2) is 10.4. The first-order chi connectivity index (χ1) is 16.5. The van der Waals surface area contributed by atoms with Gasteiger partial charge in [-0.3, -0.25) is 9.69 Å². The van der Waals surface area contributed by atoms with Crippen LogP contribution in [0.3, 0.4) is 0 Å². The number of benzene rings is 3. The molecule has 0 fully saturated rings. The van der Waals surface area contributed by atoms with Crippen LogP contribution in [0.1, 0.15) is 18.1 Å². The van der Waals surface area contributed by atoms with Gasteiger partial charge in [0.15, 0.2) is 0 Å². The summed E-state index contributed by atoms with van der Waals surface area (Å²) in [5.41, 5.74) is 3.50. The van der Waals surface area contributed by atoms with E-state index < -0.39 is 5.97 Å². The van der Waals surface area contributed by atoms with E-state index >= 15 is 0 Å². The molecule has 172 valence electrons. The summed E-state index contributed by atoms with van der Waals surface area (Å²) in [6.45, 7) is 2.15. The molecule has 0 N–H and O–H groups in total. The van der Waals surface area contributed by atoms with E-state index in [1.54, 1.807) is 29.7 Å². The van der Waals surface area contributed by atoms with Crippen LogP contribution in [0.5, 0.6) is 5.75 Å². The van der Waals surface area contributed by atoms with E-state index in [1.165, 1.54) is 7.11 Å². The van der Waals surface area contributed by atoms with Gasteiger partial charge in [0, 0.05) is 16.2 Å². The maximum atomic E-state index is 13.6. The van der Waals surface area contributed by atoms with Crippen molar-refractivity contribution in [1.29, 1.82) is 0 Å². The number of methoxy groups -OCH3 is 1. The Hall–Kier alpha value is -3.77. The number of allylic oxidation sites excluding steroid dienone is 1. The minimum Gasteiger partial charge on any atom is -0.488 e. The lowest BCUT2D eigenvalue weighted by Gasteiger charge is -2.18. The van der Waals surface area contributed by atoms with Gasteiger partial charge >= 0.3 is 5.97 Å². The van der Waals surface area contributed by atoms with Crippen LogP contribution in [0.25, 0.3) is 6.08 Å². The predicted molar refractivity (Wildman–Crippen MR) is 136 cm³/mol. The summed E-state index contributed by atoms with van der Waals surface area (Å²) >= 11 is 1.59. The average molecular weight is 472 g/mol. The normalized spacial score (nSPS) is 14.6. The van der Waals surface area contributed by atoms with E-state index in [-0.39, 0.29) is 17.1 Å². The predicted octanol–water partition coefficient (Wildman–Crippen LogP) is 5.86. The maximum absolute atomic E-state index is 13.6. The molecular formula is C28H25NO4S. The number of carbonyl (C=O) groups is 2. The van der Waals surface area contributed by atoms with E-state index in [0.29, 0.717) is 29.3 Å². The molecule has 6 heteroatoms. The fourth-order valence-corrected chi connectivity index (χ4v) is 4.32. The van der Waals surface area contributed by atoms with Crippen molar-refractivity contribution in [3.63, 3.8) is 0 Å². The van der Waals surface area contributed by atoms with Crippen LogP contribution in [0.15, 0.2) is 101 Å². The number of esters is 1. The van der Waals surface area contributed by atoms with Crippen LogP contribution in [0.4, 0.5) is 5.69 Å². The van der Waals surface area contributed by atoms with Crippen LogP contribution in [0.2, 0.25) is 0 Å². The van der Waals surface area contributed by atoms with E-state index in [9.17, 15) is 9.59 Å². The van der Waals surface area contributed by atoms with Crippen molar-refractivity contribution in [2.45, 2.75) is 18.4 Å². The maximum Gasteiger partial charge on any atom is 0.340 e. The van der Waals surface area contributed by atoms with Crippen LogP contribution in [-0.2, 0) is 20.9 Å². The third kappa shape index (κ3) is 4.77. The number of thioether (sulfide) groups is 1. The topological polar surface area (TPSA) is 55.8 Å². The average Bonchev–Trinajstić information content (AvgIpc) is 3.12. The van der Waals surface area contributed by atoms with Gasteiger partial charge in [-0.15, -0.1) is 11.8 Å². The number of nitrogens with zero attached hydrogens (tertiary/aromatic N) is 1. The number of anilines is 1. The smallest absolute Gasteiger partial charge is 0.340 e. The zero-order chi connectivity index (χ0) is 24.1. The highest BCUT2D eigenvalue weighted by Gasteiger charge is 2.38. The molecule has 0 aromatic heterocycles. The summed E-state index contributed by atoms with van der Waals surface area (Å²) < 4.78 is 11.1. The van der Waals surface area contributed by atoms with Gasteiger partial charge in [0.2, 0.25) is 0 Å². The number of hydrogen-bond donors (Lipinski definition) is 0. The zero-order valence-corrected chi connectivity index (χ0v) is 20.1. The first-order valence-electron chi connectivity index (χ1n) is 10.8. The Bertz CT molecular complexity index is 1280. The molecule has 3 aromatic carbocycles. The van der Waals surface area contributed by atoms with Crippen molar-refractivity contribution in [3.05, 3.63) is 107 Å². The molecular weight excluding hydrogens is 446 g/mol. The van der Waals surface area contributed by atoms with Gasteiger partial charge in [-0.2, -0.15) is 0 Å². The second-order valence-corrected chi connectivity index (χ2v) is 8.54. The van der Waals surface area contributed by atoms with Gasteiger partial charge in [-0.05, 0) is 49.1 Å². The Morgan fingerprint density at radius 3 is 2.47 bits per heavy atom. The molecule has 1 heterocycles. The minimum atomic E-state index is -0.552. The lowest BCUT2D eigenvalue weighted by Crippen LogP contribution is -2.24. The van der Waals surface area contributed by atoms with E-state index in [2.05, 4.69) is 0 Å². The summed E-state index contributed by atoms with van der Waals surface area (Å²) in [6.07, 6.45) is 3.68. The molecule has 0 spiro atoms. The fraction of sp³-hybridized carbons (Fsp3) is 0.143. The largest absolute Gasteiger partial charge is 0.488 e. The van der Waals surface area contributed by atoms with Crippen molar-refractivity contribution in [3.8, 4) is 5.75 Å². The molecule has 0 aliphatic carbocycles. The molecule has 5 nitrogen and oxygen atoms in total. The minimum absolute atomic E-state index is 0.250. The van der Waals surface area contributed by atoms with Gasteiger partial charge in [0.25, 0.3) is 5.91 Å². The SMILES string of the molecule is COC(=O)C1=C(C)N(c2cccc(SC)c2)C(=O)/C1=C\c1ccccc1OCc1ccccc1. The molecule has 1 amide bonds. The van der Waals surface area contributed by atoms with Crippen LogP contribution in [-0.4, -0.2) is 25.2 Å². The molecule has 1 aliphatic rings. The van der Waals surface area contributed by atoms with Crippen molar-refractivity contribution >= 4 is 35.4 Å². The number of carbonyl (C=O) groups excluding carboxylic acids is 2. The van der Waals surface area contributed by atoms with Gasteiger partial charge in [0.1, 0.15) is 12.4 Å². The summed E-state index contributed by atoms with van der Waals surface area (Å²) in [5, 5.41) is 0. The van der Waals surface area contributed by atoms with E-state index in [4.69, 9.17) is 9.47 Å². The summed E-state index contributed by atoms with van der Waals surface area (Å²) in [6, 6.07) is 25.0. The Labute approximate surface area is 203 Å². The molecule has 0 bridgehead atoms. The van der Waals surface area contributed by atoms with Crippen molar-refractivity contribution < 1.29 is 19.1 Å². The van der Waals surface area contributed by atoms with Crippen molar-refractivity contribution in [2.24, 2.45) is 0 Å². The lowest BCUT2D eigenvalue weighted by molar-refractivity contribution is -0.136. The third-order valence-corrected chi connectivity index (χ3v) is 6.28. The van der Waals surface area contributed by atoms with Crippen LogP contribution in [0, 0.1) is 0 Å². The Morgan fingerprint density at radius 1 is 1.00 bits per heavy atom. The van der Waals surface area contributed by atoms with Gasteiger partial charge in [-0.1, -0.05) is 54.6 Å². The quantitative estimate of drug-likeness (QED) is 0.245. The highest BCUT2D eigenvalue weighted by atomic mass is 32.2. The number of ether oxygens (including phenoxy) is 2. The molecule has 0 saturated carbocycles. The van der Waals surface area contributed by atoms with Crippen LogP contribution < -0.4 is 9.64 Å². The van der Waals surface area contributed by atoms with E-state index in [1.807, 2.05) is 85.1 Å². The molecule has 1 aliphatic heterocycles. The first kappa shape index (κ1) is 23.4. The van der Waals surface area contributed by atoms with E-state index in [0.717, 1.165) is 10.5 Å². The highest BCUT2D eigenvalue weighted by molar-refractivity contribution is 7.98. The standard InChI is InChI=1S/C28H25NO4S/c1-19-26(28(31)32-2)24(27(30)29(19)22-13-9-14-23(17-22)34-3)16-21-12-7-8-15-25(21)33-18-20-10-5-4-6-11-20/h4-17H,18H2,1-3H3/b24-16-. The second-order valence-electron chi connectivity index (χ2n) is 7.66. The van der Waals surface area contributed by atoms with Crippen molar-refractivity contribution in [1.82, 2.24) is 0 Å². The fourth-order valence-electron chi connectivity index (χ4n) is 3.86. The monoisotopic (exact) mass is 471 g/mol. The van der Waals surface area contributed by atoms with Crippen LogP contribution >= 0.6 is 11.8 Å². The first-order valence-corrected chi connectivity index (χ1v) is 12.0. The molecule has 4 rings (SSSR count). The summed E-state index contributed by atoms with van der Waals surface area (Å²) in [5.74, 6) is -0.214. The molecule has 0 atom stereocenters. The molecule has 3 aromatic rings. The molecule has 0 radical (unpaired) electrons. The number of hydrogen-bond acceptors (Lipinski definition) is 5. The number of amides is 1. The number of para-hydroxylation sites is 1. The number of rotatable bonds is 7. The third-order valence-electron chi connectivity index (χ3n) is 5.56. The molecule has 34 heavy (non-hydrogen) atoms. The zero-order valence-electron chi connectivity index (χ0n) is 19.3. The van der Waals surface area contributed by atoms with Gasteiger partial charge < -0.3 is 9.47 Å². The van der Waals surface area contributed by atoms with Gasteiger partial charge in [0.05, 0.1) is 23.9 Å². The summed E-state index contributed by atoms with van der Waals surface area (Å²) in [7, 11) is 1.32. The summed E-state index contributed by atoms with van der Waals surface area (Å²) in [4.78, 5) is 28.9. The molecule has 0 saturated heterocycles. The van der Waals surface area contributed by atoms with Gasteiger partial charge in [-0.25, -0.2) is 4.79 Å². The Morgan fingerprint density at radius 2 is 1.74 bits per heavy atom. The Kier molecular flexibility index (Phi) is 7.18. The highest BCUT2D eigenvalue weighted by Crippen LogP contribution is 2.37. The Balaban J connectivity index is 1.74. The lowest BCUT2D eigenvalue weighted by atomic mass is 10.0.